The number of nitrogens with one attached hydrogen (secondary N) is 1. The fourth-order valence-corrected chi connectivity index (χ4v) is 5.20. The van der Waals surface area contributed by atoms with Crippen LogP contribution in [0.15, 0.2) is 62.2 Å². The topological polar surface area (TPSA) is 245 Å². The van der Waals surface area contributed by atoms with E-state index < -0.39 is 23.5 Å². The number of benzene rings is 2. The van der Waals surface area contributed by atoms with Crippen molar-refractivity contribution in [3.05, 3.63) is 95.8 Å². The van der Waals surface area contributed by atoms with E-state index >= 15 is 0 Å². The number of aromatic nitrogens is 8. The van der Waals surface area contributed by atoms with Crippen LogP contribution in [0.4, 0.5) is 0 Å². The predicted octanol–water partition coefficient (Wildman–Crippen LogP) is -0.523. The lowest BCUT2D eigenvalue weighted by Crippen LogP contribution is -2.37. The summed E-state index contributed by atoms with van der Waals surface area (Å²) in [4.78, 5) is 55.7. The molecule has 0 saturated heterocycles. The van der Waals surface area contributed by atoms with Crippen molar-refractivity contribution in [2.75, 3.05) is 0 Å². The minimum absolute atomic E-state index is 0.143. The van der Waals surface area contributed by atoms with Crippen molar-refractivity contribution in [1.82, 2.24) is 37.8 Å². The molecule has 0 bridgehead atoms. The van der Waals surface area contributed by atoms with Gasteiger partial charge in [0.2, 0.25) is 0 Å². The molecule has 2 unspecified atom stereocenters. The highest BCUT2D eigenvalue weighted by Crippen LogP contribution is 2.42. The second-order valence-electron chi connectivity index (χ2n) is 11.1. The molecule has 18 nitrogen and oxygen atoms in total. The summed E-state index contributed by atoms with van der Waals surface area (Å²) in [7, 11) is 8.04. The van der Waals surface area contributed by atoms with Crippen molar-refractivity contribution in [2.45, 2.75) is 18.6 Å². The standard InChI is InChI=1S/C15H14O6.C8H10N4O2.C7H8N4O2/c16-8-4-11(18)9-6-13(20)15(21-14(9)5-8)7-1-2-10(17)12(19)3-7;1-10-4-9-6-5(10)7(13)12(3)8(14)11(6)2;1-10-3-8-5-4(10)6(12)9-7(13)11(5)2/h1-5,13,15-20H,6H2;4H,1-3H3;3H,1-2H3,(H,9,12,13). The summed E-state index contributed by atoms with van der Waals surface area (Å²) < 4.78 is 12.5. The van der Waals surface area contributed by atoms with Gasteiger partial charge in [0.25, 0.3) is 11.1 Å². The third-order valence-corrected chi connectivity index (χ3v) is 7.81. The van der Waals surface area contributed by atoms with Crippen LogP contribution in [0.25, 0.3) is 22.3 Å². The van der Waals surface area contributed by atoms with Crippen LogP contribution in [-0.4, -0.2) is 69.4 Å². The van der Waals surface area contributed by atoms with E-state index in [1.54, 1.807) is 37.3 Å². The number of aliphatic hydroxyl groups excluding tert-OH is 1. The van der Waals surface area contributed by atoms with Gasteiger partial charge in [0, 0.05) is 59.4 Å². The molecule has 6 N–H and O–H groups in total. The number of aliphatic hydroxyl groups is 1. The number of phenolic OH excluding ortho intramolecular Hbond substituents is 4. The maximum Gasteiger partial charge on any atom is 0.332 e. The molecule has 252 valence electrons. The average Bonchev–Trinajstić information content (AvgIpc) is 3.63. The number of aryl methyl sites for hydroxylation is 4. The van der Waals surface area contributed by atoms with Crippen molar-refractivity contribution in [1.29, 1.82) is 0 Å². The van der Waals surface area contributed by atoms with Gasteiger partial charge in [-0.25, -0.2) is 19.6 Å². The molecule has 48 heavy (non-hydrogen) atoms. The predicted molar refractivity (Wildman–Crippen MR) is 170 cm³/mol. The molecule has 4 aromatic heterocycles. The monoisotopic (exact) mass is 664 g/mol. The Bertz CT molecular complexity index is 2430. The fraction of sp³-hybridized carbons (Fsp3) is 0.267. The number of ether oxygens (including phenoxy) is 1. The van der Waals surface area contributed by atoms with Gasteiger partial charge in [-0.3, -0.25) is 28.3 Å². The maximum absolute atomic E-state index is 11.7. The molecule has 6 aromatic rings. The van der Waals surface area contributed by atoms with E-state index in [4.69, 9.17) is 4.74 Å². The lowest BCUT2D eigenvalue weighted by molar-refractivity contribution is 0.0197. The molecule has 0 spiro atoms. The third-order valence-electron chi connectivity index (χ3n) is 7.81. The van der Waals surface area contributed by atoms with Crippen LogP contribution in [-0.2, 0) is 41.7 Å². The van der Waals surface area contributed by atoms with E-state index in [0.29, 0.717) is 33.5 Å². The zero-order chi connectivity index (χ0) is 35.2. The Balaban J connectivity index is 0.000000147. The molecular weight excluding hydrogens is 632 g/mol. The van der Waals surface area contributed by atoms with Crippen LogP contribution in [0.3, 0.4) is 0 Å². The zero-order valence-corrected chi connectivity index (χ0v) is 26.3. The highest BCUT2D eigenvalue weighted by Gasteiger charge is 2.32. The highest BCUT2D eigenvalue weighted by atomic mass is 16.5. The molecule has 0 fully saturated rings. The van der Waals surface area contributed by atoms with Gasteiger partial charge in [0.05, 0.1) is 18.8 Å². The van der Waals surface area contributed by atoms with Gasteiger partial charge in [0.15, 0.2) is 33.8 Å². The van der Waals surface area contributed by atoms with Gasteiger partial charge in [0.1, 0.15) is 23.4 Å². The van der Waals surface area contributed by atoms with E-state index in [-0.39, 0.29) is 46.4 Å². The first-order chi connectivity index (χ1) is 22.6. The van der Waals surface area contributed by atoms with Crippen molar-refractivity contribution >= 4 is 22.3 Å². The Morgan fingerprint density at radius 2 is 1.40 bits per heavy atom. The number of aromatic hydroxyl groups is 4. The van der Waals surface area contributed by atoms with E-state index in [1.807, 2.05) is 0 Å². The molecule has 2 atom stereocenters. The fourth-order valence-electron chi connectivity index (χ4n) is 5.20. The minimum Gasteiger partial charge on any atom is -0.508 e. The summed E-state index contributed by atoms with van der Waals surface area (Å²) in [6, 6.07) is 6.67. The number of fused-ring (bicyclic) bond motifs is 3. The summed E-state index contributed by atoms with van der Waals surface area (Å²) >= 11 is 0. The van der Waals surface area contributed by atoms with Gasteiger partial charge < -0.3 is 39.4 Å². The molecule has 0 amide bonds. The van der Waals surface area contributed by atoms with Crippen LogP contribution < -0.4 is 27.2 Å². The molecule has 1 aliphatic rings. The van der Waals surface area contributed by atoms with Crippen LogP contribution in [0.2, 0.25) is 0 Å². The summed E-state index contributed by atoms with van der Waals surface area (Å²) in [5, 5.41) is 48.3. The van der Waals surface area contributed by atoms with Crippen LogP contribution in [0, 0.1) is 0 Å². The maximum atomic E-state index is 11.7. The third kappa shape index (κ3) is 5.86. The van der Waals surface area contributed by atoms with E-state index in [1.165, 1.54) is 59.2 Å². The van der Waals surface area contributed by atoms with Crippen LogP contribution in [0.5, 0.6) is 28.7 Å². The van der Waals surface area contributed by atoms with Crippen molar-refractivity contribution in [3.8, 4) is 28.7 Å². The van der Waals surface area contributed by atoms with Gasteiger partial charge in [-0.05, 0) is 17.7 Å². The van der Waals surface area contributed by atoms with Crippen molar-refractivity contribution in [3.63, 3.8) is 0 Å². The molecule has 5 heterocycles. The van der Waals surface area contributed by atoms with Gasteiger partial charge >= 0.3 is 11.4 Å². The Morgan fingerprint density at radius 1 is 0.771 bits per heavy atom. The molecule has 0 radical (unpaired) electrons. The Labute approximate surface area is 268 Å². The van der Waals surface area contributed by atoms with E-state index in [2.05, 4.69) is 15.0 Å². The molecule has 7 rings (SSSR count). The second kappa shape index (κ2) is 12.5. The number of nitrogens with zero attached hydrogens (tertiary/aromatic N) is 7. The molecule has 18 heteroatoms. The first kappa shape index (κ1) is 33.1. The number of imidazole rings is 2. The van der Waals surface area contributed by atoms with Gasteiger partial charge in [-0.1, -0.05) is 6.07 Å². The van der Waals surface area contributed by atoms with E-state index in [0.717, 1.165) is 4.57 Å². The minimum atomic E-state index is -0.933. The van der Waals surface area contributed by atoms with Gasteiger partial charge in [-0.2, -0.15) is 0 Å². The first-order valence-electron chi connectivity index (χ1n) is 14.2. The number of hydrogen-bond acceptors (Lipinski definition) is 12. The van der Waals surface area contributed by atoms with Crippen LogP contribution >= 0.6 is 0 Å². The largest absolute Gasteiger partial charge is 0.508 e. The zero-order valence-electron chi connectivity index (χ0n) is 26.3. The number of hydrogen-bond donors (Lipinski definition) is 6. The summed E-state index contributed by atoms with van der Waals surface area (Å²) in [5.74, 6) is -0.589. The molecule has 0 aliphatic carbocycles. The van der Waals surface area contributed by atoms with Crippen molar-refractivity contribution in [2.24, 2.45) is 35.2 Å². The number of phenols is 4. The van der Waals surface area contributed by atoms with E-state index in [9.17, 15) is 44.7 Å². The Kier molecular flexibility index (Phi) is 8.60. The SMILES string of the molecule is Cn1c(=O)c2c(ncn2C)n(C)c1=O.Cn1cnc2c1c(=O)[nH]c(=O)n2C.Oc1cc(O)c2c(c1)OC(c1ccc(O)c(O)c1)C(O)C2. The Hall–Kier alpha value is -6.30. The number of aromatic amines is 1. The van der Waals surface area contributed by atoms with Crippen molar-refractivity contribution < 1.29 is 30.3 Å². The smallest absolute Gasteiger partial charge is 0.332 e. The lowest BCUT2D eigenvalue weighted by Gasteiger charge is -2.31. The average molecular weight is 665 g/mol. The van der Waals surface area contributed by atoms with Crippen LogP contribution in [0.1, 0.15) is 17.2 Å². The lowest BCUT2D eigenvalue weighted by atomic mass is 9.94. The first-order valence-corrected chi connectivity index (χ1v) is 14.2. The number of H-pyrrole nitrogens is 1. The summed E-state index contributed by atoms with van der Waals surface area (Å²) in [6.07, 6.45) is 1.46. The summed E-state index contributed by atoms with van der Waals surface area (Å²) in [6.45, 7) is 0. The molecule has 2 aromatic carbocycles. The van der Waals surface area contributed by atoms with Gasteiger partial charge in [-0.15, -0.1) is 0 Å². The number of rotatable bonds is 1. The normalized spacial score (nSPS) is 15.2. The highest BCUT2D eigenvalue weighted by molar-refractivity contribution is 5.70. The molecule has 0 saturated carbocycles. The second-order valence-corrected chi connectivity index (χ2v) is 11.1. The molecule has 1 aliphatic heterocycles. The summed E-state index contributed by atoms with van der Waals surface area (Å²) in [5.41, 5.74) is 1.03. The molecular formula is C30H32N8O10. The quantitative estimate of drug-likeness (QED) is 0.122. The Morgan fingerprint density at radius 3 is 2.04 bits per heavy atom.